The summed E-state index contributed by atoms with van der Waals surface area (Å²) in [6, 6.07) is 4.33. The molecule has 0 atom stereocenters. The molecule has 0 radical (unpaired) electrons. The lowest BCUT2D eigenvalue weighted by atomic mass is 9.93. The number of hydrogen-bond donors (Lipinski definition) is 2. The van der Waals surface area contributed by atoms with Crippen LogP contribution in [0.15, 0.2) is 17.3 Å². The molecule has 0 saturated carbocycles. The average Bonchev–Trinajstić information content (AvgIpc) is 2.77. The van der Waals surface area contributed by atoms with Gasteiger partial charge in [0.1, 0.15) is 0 Å². The molecule has 0 aliphatic rings. The highest BCUT2D eigenvalue weighted by molar-refractivity contribution is 7.80. The molecule has 1 aromatic heterocycles. The first-order valence-electron chi connectivity index (χ1n) is 6.66. The Labute approximate surface area is 119 Å². The molecule has 102 valence electrons. The number of hydrogen-bond acceptors (Lipinski definition) is 4. The van der Waals surface area contributed by atoms with Gasteiger partial charge in [-0.05, 0) is 48.1 Å². The van der Waals surface area contributed by atoms with E-state index in [0.717, 1.165) is 24.8 Å². The Balaban J connectivity index is 2.62. The molecule has 1 aromatic carbocycles. The summed E-state index contributed by atoms with van der Waals surface area (Å²) in [7, 11) is 0. The molecule has 1 heterocycles. The molecule has 4 nitrogen and oxygen atoms in total. The van der Waals surface area contributed by atoms with Crippen LogP contribution in [-0.2, 0) is 19.3 Å². The fraction of sp³-hybridized carbons (Fsp3) is 0.429. The van der Waals surface area contributed by atoms with Gasteiger partial charge in [0, 0.05) is 5.56 Å². The zero-order valence-corrected chi connectivity index (χ0v) is 12.5. The summed E-state index contributed by atoms with van der Waals surface area (Å²) in [5.74, 6) is 6.57. The van der Waals surface area contributed by atoms with Gasteiger partial charge in [0.25, 0.3) is 0 Å². The molecule has 0 aliphatic carbocycles. The van der Waals surface area contributed by atoms with Gasteiger partial charge in [0.15, 0.2) is 5.82 Å². The highest BCUT2D eigenvalue weighted by atomic mass is 32.1. The zero-order chi connectivity index (χ0) is 14.0. The predicted molar refractivity (Wildman–Crippen MR) is 81.0 cm³/mol. The van der Waals surface area contributed by atoms with Crippen molar-refractivity contribution in [2.45, 2.75) is 45.2 Å². The molecule has 0 bridgehead atoms. The minimum atomic E-state index is 0.422. The Morgan fingerprint density at radius 3 is 2.00 bits per heavy atom. The first-order valence-corrected chi connectivity index (χ1v) is 7.11. The summed E-state index contributed by atoms with van der Waals surface area (Å²) in [6.07, 6.45) is 3.08. The molecule has 5 heteroatoms. The van der Waals surface area contributed by atoms with Crippen LogP contribution in [0.3, 0.4) is 0 Å². The topological polar surface area (TPSA) is 56.7 Å². The molecule has 0 saturated heterocycles. The van der Waals surface area contributed by atoms with Crippen molar-refractivity contribution in [2.75, 3.05) is 5.84 Å². The van der Waals surface area contributed by atoms with Crippen LogP contribution in [0.25, 0.3) is 11.4 Å². The number of nitrogen functional groups attached to an aromatic ring is 1. The lowest BCUT2D eigenvalue weighted by molar-refractivity contribution is 0.855. The van der Waals surface area contributed by atoms with Crippen LogP contribution in [0.5, 0.6) is 0 Å². The van der Waals surface area contributed by atoms with Gasteiger partial charge in [-0.3, -0.25) is 0 Å². The second kappa shape index (κ2) is 5.65. The van der Waals surface area contributed by atoms with Crippen LogP contribution in [-0.4, -0.2) is 14.9 Å². The third kappa shape index (κ3) is 2.47. The third-order valence-electron chi connectivity index (χ3n) is 3.49. The number of benzene rings is 1. The minimum absolute atomic E-state index is 0.422. The van der Waals surface area contributed by atoms with Gasteiger partial charge in [-0.25, -0.2) is 4.68 Å². The predicted octanol–water partition coefficient (Wildman–Crippen LogP) is 2.63. The van der Waals surface area contributed by atoms with Gasteiger partial charge in [-0.15, -0.1) is 22.8 Å². The number of nitrogens with zero attached hydrogens (tertiary/aromatic N) is 3. The molecular weight excluding hydrogens is 256 g/mol. The minimum Gasteiger partial charge on any atom is -0.335 e. The van der Waals surface area contributed by atoms with Crippen molar-refractivity contribution in [3.63, 3.8) is 0 Å². The molecule has 2 aromatic rings. The highest BCUT2D eigenvalue weighted by Gasteiger charge is 2.13. The van der Waals surface area contributed by atoms with Crippen molar-refractivity contribution in [1.82, 2.24) is 14.9 Å². The molecule has 0 fully saturated rings. The first-order chi connectivity index (χ1) is 9.12. The first kappa shape index (κ1) is 13.9. The van der Waals surface area contributed by atoms with Gasteiger partial charge in [0.05, 0.1) is 0 Å². The smallest absolute Gasteiger partial charge is 0.206 e. The second-order valence-electron chi connectivity index (χ2n) is 4.53. The number of nitrogens with two attached hydrogens (primary N) is 1. The van der Waals surface area contributed by atoms with Crippen molar-refractivity contribution in [3.8, 4) is 11.4 Å². The van der Waals surface area contributed by atoms with Crippen LogP contribution >= 0.6 is 12.6 Å². The van der Waals surface area contributed by atoms with E-state index in [4.69, 9.17) is 5.84 Å². The van der Waals surface area contributed by atoms with Crippen molar-refractivity contribution in [2.24, 2.45) is 0 Å². The van der Waals surface area contributed by atoms with E-state index in [2.05, 4.69) is 55.7 Å². The normalized spacial score (nSPS) is 10.9. The molecule has 19 heavy (non-hydrogen) atoms. The Bertz CT molecular complexity index is 564. The SMILES string of the molecule is CCc1cc(-c2nnc(S)n2N)cc(CC)c1CC. The molecule has 0 aliphatic heterocycles. The maximum Gasteiger partial charge on any atom is 0.206 e. The van der Waals surface area contributed by atoms with Crippen LogP contribution in [0.1, 0.15) is 37.5 Å². The van der Waals surface area contributed by atoms with Crippen molar-refractivity contribution >= 4 is 12.6 Å². The van der Waals surface area contributed by atoms with E-state index in [0.29, 0.717) is 11.0 Å². The zero-order valence-electron chi connectivity index (χ0n) is 11.6. The lowest BCUT2D eigenvalue weighted by Crippen LogP contribution is -2.11. The van der Waals surface area contributed by atoms with Gasteiger partial charge in [-0.1, -0.05) is 20.8 Å². The summed E-state index contributed by atoms with van der Waals surface area (Å²) in [4.78, 5) is 0. The summed E-state index contributed by atoms with van der Waals surface area (Å²) in [5.41, 5.74) is 5.19. The fourth-order valence-electron chi connectivity index (χ4n) is 2.49. The molecule has 0 spiro atoms. The van der Waals surface area contributed by atoms with Gasteiger partial charge in [0.2, 0.25) is 5.16 Å². The Morgan fingerprint density at radius 1 is 1.05 bits per heavy atom. The van der Waals surface area contributed by atoms with E-state index < -0.39 is 0 Å². The lowest BCUT2D eigenvalue weighted by Gasteiger charge is -2.14. The number of thiol groups is 1. The van der Waals surface area contributed by atoms with Crippen molar-refractivity contribution in [3.05, 3.63) is 28.8 Å². The van der Waals surface area contributed by atoms with E-state index in [1.165, 1.54) is 21.4 Å². The molecule has 2 N–H and O–H groups in total. The standard InChI is InChI=1S/C14H20N4S/c1-4-9-7-11(8-10(5-2)12(9)6-3)13-16-17-14(19)18(13)15/h7-8H,4-6,15H2,1-3H3,(H,17,19). The van der Waals surface area contributed by atoms with Crippen molar-refractivity contribution < 1.29 is 0 Å². The van der Waals surface area contributed by atoms with Gasteiger partial charge in [-0.2, -0.15) is 0 Å². The number of aromatic nitrogens is 3. The maximum absolute atomic E-state index is 5.90. The van der Waals surface area contributed by atoms with Crippen molar-refractivity contribution in [1.29, 1.82) is 0 Å². The van der Waals surface area contributed by atoms with E-state index in [9.17, 15) is 0 Å². The third-order valence-corrected chi connectivity index (χ3v) is 3.79. The molecule has 0 unspecified atom stereocenters. The largest absolute Gasteiger partial charge is 0.335 e. The Morgan fingerprint density at radius 2 is 1.63 bits per heavy atom. The van der Waals surface area contributed by atoms with Crippen LogP contribution in [0.4, 0.5) is 0 Å². The van der Waals surface area contributed by atoms with E-state index in [-0.39, 0.29) is 0 Å². The summed E-state index contributed by atoms with van der Waals surface area (Å²) in [5, 5.41) is 8.42. The van der Waals surface area contributed by atoms with Crippen LogP contribution in [0.2, 0.25) is 0 Å². The van der Waals surface area contributed by atoms with Gasteiger partial charge < -0.3 is 5.84 Å². The summed E-state index contributed by atoms with van der Waals surface area (Å²) < 4.78 is 1.42. The van der Waals surface area contributed by atoms with E-state index in [1.807, 2.05) is 0 Å². The Hall–Kier alpha value is -1.49. The highest BCUT2D eigenvalue weighted by Crippen LogP contribution is 2.26. The number of aryl methyl sites for hydroxylation is 2. The van der Waals surface area contributed by atoms with E-state index in [1.54, 1.807) is 0 Å². The second-order valence-corrected chi connectivity index (χ2v) is 4.93. The van der Waals surface area contributed by atoms with Gasteiger partial charge >= 0.3 is 0 Å². The fourth-order valence-corrected chi connectivity index (χ4v) is 2.63. The summed E-state index contributed by atoms with van der Waals surface area (Å²) >= 11 is 4.17. The van der Waals surface area contributed by atoms with Crippen LogP contribution < -0.4 is 5.84 Å². The molecule has 0 amide bonds. The van der Waals surface area contributed by atoms with Crippen LogP contribution in [0, 0.1) is 0 Å². The monoisotopic (exact) mass is 276 g/mol. The molecular formula is C14H20N4S. The quantitative estimate of drug-likeness (QED) is 0.666. The maximum atomic E-state index is 5.90. The Kier molecular flexibility index (Phi) is 4.14. The average molecular weight is 276 g/mol. The number of rotatable bonds is 4. The summed E-state index contributed by atoms with van der Waals surface area (Å²) in [6.45, 7) is 6.55. The van der Waals surface area contributed by atoms with E-state index >= 15 is 0 Å². The molecule has 2 rings (SSSR count).